The van der Waals surface area contributed by atoms with Crippen molar-refractivity contribution in [3.8, 4) is 0 Å². The van der Waals surface area contributed by atoms with Crippen LogP contribution >= 0.6 is 0 Å². The normalized spacial score (nSPS) is 26.0. The van der Waals surface area contributed by atoms with Crippen LogP contribution in [-0.4, -0.2) is 18.7 Å². The summed E-state index contributed by atoms with van der Waals surface area (Å²) >= 11 is 0. The average Bonchev–Trinajstić information content (AvgIpc) is 2.18. The second-order valence-corrected chi connectivity index (χ2v) is 4.31. The fourth-order valence-corrected chi connectivity index (χ4v) is 1.99. The van der Waals surface area contributed by atoms with Crippen molar-refractivity contribution < 1.29 is 4.74 Å². The van der Waals surface area contributed by atoms with Gasteiger partial charge in [-0.3, -0.25) is 0 Å². The third kappa shape index (κ3) is 1.81. The number of rotatable bonds is 1. The summed E-state index contributed by atoms with van der Waals surface area (Å²) < 4.78 is 5.82. The van der Waals surface area contributed by atoms with E-state index in [1.807, 2.05) is 6.07 Å². The highest BCUT2D eigenvalue weighted by Crippen LogP contribution is 2.31. The summed E-state index contributed by atoms with van der Waals surface area (Å²) in [5.74, 6) is 0. The number of hydrogen-bond acceptors (Lipinski definition) is 2. The minimum Gasteiger partial charge on any atom is -0.370 e. The lowest BCUT2D eigenvalue weighted by atomic mass is 9.90. The van der Waals surface area contributed by atoms with Crippen LogP contribution in [0.5, 0.6) is 0 Å². The van der Waals surface area contributed by atoms with Gasteiger partial charge in [0, 0.05) is 12.1 Å². The van der Waals surface area contributed by atoms with Gasteiger partial charge >= 0.3 is 0 Å². The molecule has 1 saturated heterocycles. The quantitative estimate of drug-likeness (QED) is 0.734. The van der Waals surface area contributed by atoms with E-state index in [-0.39, 0.29) is 11.6 Å². The molecule has 2 nitrogen and oxygen atoms in total. The van der Waals surface area contributed by atoms with Crippen LogP contribution in [0.3, 0.4) is 0 Å². The molecule has 76 valence electrons. The van der Waals surface area contributed by atoms with E-state index < -0.39 is 0 Å². The van der Waals surface area contributed by atoms with E-state index in [0.29, 0.717) is 0 Å². The zero-order valence-corrected chi connectivity index (χ0v) is 8.79. The SMILES string of the molecule is CC1(C)NCCOC1c1ccccc1. The van der Waals surface area contributed by atoms with Crippen LogP contribution < -0.4 is 5.32 Å². The number of hydrogen-bond donors (Lipinski definition) is 1. The second kappa shape index (κ2) is 3.71. The van der Waals surface area contributed by atoms with Gasteiger partial charge < -0.3 is 10.1 Å². The van der Waals surface area contributed by atoms with Gasteiger partial charge in [0.1, 0.15) is 6.10 Å². The Morgan fingerprint density at radius 1 is 1.29 bits per heavy atom. The van der Waals surface area contributed by atoms with Gasteiger partial charge in [0.15, 0.2) is 0 Å². The lowest BCUT2D eigenvalue weighted by molar-refractivity contribution is -0.0388. The third-order valence-corrected chi connectivity index (χ3v) is 2.72. The summed E-state index contributed by atoms with van der Waals surface area (Å²) in [6.07, 6.45) is 0.164. The van der Waals surface area contributed by atoms with Gasteiger partial charge in [0.25, 0.3) is 0 Å². The molecule has 1 unspecified atom stereocenters. The van der Waals surface area contributed by atoms with E-state index >= 15 is 0 Å². The Hall–Kier alpha value is -0.860. The minimum atomic E-state index is 0.0274. The topological polar surface area (TPSA) is 21.3 Å². The number of ether oxygens (including phenoxy) is 1. The summed E-state index contributed by atoms with van der Waals surface area (Å²) in [5.41, 5.74) is 1.28. The standard InChI is InChI=1S/C12H17NO/c1-12(2)11(14-9-8-13-12)10-6-4-3-5-7-10/h3-7,11,13H,8-9H2,1-2H3. The van der Waals surface area contributed by atoms with Crippen molar-refractivity contribution >= 4 is 0 Å². The molecule has 0 aromatic heterocycles. The fraction of sp³-hybridized carbons (Fsp3) is 0.500. The Labute approximate surface area is 85.3 Å². The first-order valence-corrected chi connectivity index (χ1v) is 5.12. The second-order valence-electron chi connectivity index (χ2n) is 4.31. The maximum absolute atomic E-state index is 5.82. The lowest BCUT2D eigenvalue weighted by Crippen LogP contribution is -2.51. The molecule has 0 radical (unpaired) electrons. The molecule has 0 saturated carbocycles. The molecule has 2 rings (SSSR count). The van der Waals surface area contributed by atoms with E-state index in [1.54, 1.807) is 0 Å². The highest BCUT2D eigenvalue weighted by molar-refractivity contribution is 5.21. The van der Waals surface area contributed by atoms with Crippen molar-refractivity contribution in [2.24, 2.45) is 0 Å². The zero-order chi connectivity index (χ0) is 10.0. The summed E-state index contributed by atoms with van der Waals surface area (Å²) in [7, 11) is 0. The van der Waals surface area contributed by atoms with Crippen molar-refractivity contribution in [1.29, 1.82) is 0 Å². The molecule has 1 aromatic carbocycles. The largest absolute Gasteiger partial charge is 0.370 e. The van der Waals surface area contributed by atoms with E-state index in [0.717, 1.165) is 13.2 Å². The fourth-order valence-electron chi connectivity index (χ4n) is 1.99. The first-order chi connectivity index (χ1) is 6.70. The smallest absolute Gasteiger partial charge is 0.100 e. The molecule has 1 aliphatic rings. The highest BCUT2D eigenvalue weighted by atomic mass is 16.5. The van der Waals surface area contributed by atoms with E-state index in [2.05, 4.69) is 43.4 Å². The monoisotopic (exact) mass is 191 g/mol. The molecular formula is C12H17NO. The molecule has 0 aliphatic carbocycles. The molecular weight excluding hydrogens is 174 g/mol. The maximum Gasteiger partial charge on any atom is 0.100 e. The van der Waals surface area contributed by atoms with Gasteiger partial charge in [-0.1, -0.05) is 30.3 Å². The van der Waals surface area contributed by atoms with Gasteiger partial charge in [-0.2, -0.15) is 0 Å². The average molecular weight is 191 g/mol. The van der Waals surface area contributed by atoms with Crippen LogP contribution in [-0.2, 0) is 4.74 Å². The van der Waals surface area contributed by atoms with Crippen LogP contribution in [0.2, 0.25) is 0 Å². The van der Waals surface area contributed by atoms with E-state index in [4.69, 9.17) is 4.74 Å². The first kappa shape index (κ1) is 9.69. The minimum absolute atomic E-state index is 0.0274. The molecule has 0 amide bonds. The molecule has 2 heteroatoms. The Kier molecular flexibility index (Phi) is 2.57. The van der Waals surface area contributed by atoms with Crippen molar-refractivity contribution in [1.82, 2.24) is 5.32 Å². The predicted octanol–water partition coefficient (Wildman–Crippen LogP) is 2.13. The van der Waals surface area contributed by atoms with Gasteiger partial charge in [-0.05, 0) is 19.4 Å². The summed E-state index contributed by atoms with van der Waals surface area (Å²) in [6.45, 7) is 6.10. The summed E-state index contributed by atoms with van der Waals surface area (Å²) in [6, 6.07) is 10.4. The lowest BCUT2D eigenvalue weighted by Gasteiger charge is -2.39. The van der Waals surface area contributed by atoms with Gasteiger partial charge in [0.05, 0.1) is 6.61 Å². The maximum atomic E-state index is 5.82. The number of benzene rings is 1. The molecule has 1 atom stereocenters. The van der Waals surface area contributed by atoms with Gasteiger partial charge in [0.2, 0.25) is 0 Å². The third-order valence-electron chi connectivity index (χ3n) is 2.72. The Morgan fingerprint density at radius 2 is 2.00 bits per heavy atom. The van der Waals surface area contributed by atoms with Crippen molar-refractivity contribution in [3.63, 3.8) is 0 Å². The molecule has 0 spiro atoms. The molecule has 14 heavy (non-hydrogen) atoms. The van der Waals surface area contributed by atoms with Crippen molar-refractivity contribution in [3.05, 3.63) is 35.9 Å². The Morgan fingerprint density at radius 3 is 2.64 bits per heavy atom. The van der Waals surface area contributed by atoms with E-state index in [1.165, 1.54) is 5.56 Å². The van der Waals surface area contributed by atoms with Crippen LogP contribution in [0.4, 0.5) is 0 Å². The van der Waals surface area contributed by atoms with Crippen LogP contribution in [0, 0.1) is 0 Å². The van der Waals surface area contributed by atoms with Crippen LogP contribution in [0.15, 0.2) is 30.3 Å². The first-order valence-electron chi connectivity index (χ1n) is 5.12. The summed E-state index contributed by atoms with van der Waals surface area (Å²) in [4.78, 5) is 0. The van der Waals surface area contributed by atoms with Crippen LogP contribution in [0.25, 0.3) is 0 Å². The number of morpholine rings is 1. The molecule has 1 aliphatic heterocycles. The molecule has 1 heterocycles. The Bertz CT molecular complexity index is 294. The highest BCUT2D eigenvalue weighted by Gasteiger charge is 2.33. The molecule has 0 bridgehead atoms. The zero-order valence-electron chi connectivity index (χ0n) is 8.79. The predicted molar refractivity (Wildman–Crippen MR) is 57.2 cm³/mol. The molecule has 1 aromatic rings. The Balaban J connectivity index is 2.24. The van der Waals surface area contributed by atoms with Crippen molar-refractivity contribution in [2.45, 2.75) is 25.5 Å². The molecule has 1 N–H and O–H groups in total. The van der Waals surface area contributed by atoms with Gasteiger partial charge in [-0.25, -0.2) is 0 Å². The van der Waals surface area contributed by atoms with Gasteiger partial charge in [-0.15, -0.1) is 0 Å². The van der Waals surface area contributed by atoms with Crippen LogP contribution in [0.1, 0.15) is 25.5 Å². The van der Waals surface area contributed by atoms with Crippen molar-refractivity contribution in [2.75, 3.05) is 13.2 Å². The summed E-state index contributed by atoms with van der Waals surface area (Å²) in [5, 5.41) is 3.48. The molecule has 1 fully saturated rings. The van der Waals surface area contributed by atoms with E-state index in [9.17, 15) is 0 Å². The number of nitrogens with one attached hydrogen (secondary N) is 1.